The van der Waals surface area contributed by atoms with E-state index < -0.39 is 5.60 Å². The van der Waals surface area contributed by atoms with Crippen molar-refractivity contribution < 1.29 is 5.11 Å². The predicted octanol–water partition coefficient (Wildman–Crippen LogP) is -1.33. The quantitative estimate of drug-likeness (QED) is 0.435. The van der Waals surface area contributed by atoms with Gasteiger partial charge in [0.15, 0.2) is 5.82 Å². The van der Waals surface area contributed by atoms with Crippen molar-refractivity contribution in [2.45, 2.75) is 18.4 Å². The summed E-state index contributed by atoms with van der Waals surface area (Å²) in [6.07, 6.45) is 1.15. The second kappa shape index (κ2) is 2.97. The molecule has 6 nitrogen and oxygen atoms in total. The van der Waals surface area contributed by atoms with Crippen molar-refractivity contribution in [1.82, 2.24) is 20.5 Å². The SMILES string of the molecule is O=c1[nH]nc(C2(O)CCNCC2)[nH]1. The van der Waals surface area contributed by atoms with E-state index in [1.807, 2.05) is 0 Å². The van der Waals surface area contributed by atoms with E-state index in [9.17, 15) is 9.90 Å². The molecule has 0 spiro atoms. The number of nitrogens with zero attached hydrogens (tertiary/aromatic N) is 1. The van der Waals surface area contributed by atoms with Gasteiger partial charge >= 0.3 is 5.69 Å². The molecule has 0 unspecified atom stereocenters. The summed E-state index contributed by atoms with van der Waals surface area (Å²) >= 11 is 0. The maximum atomic E-state index is 10.8. The third-order valence-corrected chi connectivity index (χ3v) is 2.37. The van der Waals surface area contributed by atoms with E-state index in [0.29, 0.717) is 18.7 Å². The van der Waals surface area contributed by atoms with Crippen LogP contribution in [0.3, 0.4) is 0 Å². The molecule has 2 rings (SSSR count). The Hall–Kier alpha value is -1.14. The highest BCUT2D eigenvalue weighted by Crippen LogP contribution is 2.26. The first-order chi connectivity index (χ1) is 6.21. The number of H-pyrrole nitrogens is 2. The van der Waals surface area contributed by atoms with Gasteiger partial charge < -0.3 is 10.4 Å². The normalized spacial score (nSPS) is 21.6. The average molecular weight is 184 g/mol. The first kappa shape index (κ1) is 8.46. The van der Waals surface area contributed by atoms with Crippen LogP contribution in [0.25, 0.3) is 0 Å². The fourth-order valence-electron chi connectivity index (χ4n) is 1.57. The number of hydrogen-bond donors (Lipinski definition) is 4. The highest BCUT2D eigenvalue weighted by atomic mass is 16.3. The molecule has 0 aromatic carbocycles. The number of rotatable bonds is 1. The van der Waals surface area contributed by atoms with Crippen molar-refractivity contribution in [3.8, 4) is 0 Å². The van der Waals surface area contributed by atoms with Gasteiger partial charge in [0.25, 0.3) is 0 Å². The smallest absolute Gasteiger partial charge is 0.340 e. The summed E-state index contributed by atoms with van der Waals surface area (Å²) < 4.78 is 0. The minimum atomic E-state index is -0.968. The molecule has 0 saturated carbocycles. The van der Waals surface area contributed by atoms with Crippen molar-refractivity contribution in [3.05, 3.63) is 16.3 Å². The Balaban J connectivity index is 2.27. The molecule has 0 aliphatic carbocycles. The Labute approximate surface area is 74.4 Å². The minimum Gasteiger partial charge on any atom is -0.382 e. The van der Waals surface area contributed by atoms with Crippen LogP contribution < -0.4 is 11.0 Å². The van der Waals surface area contributed by atoms with Gasteiger partial charge in [-0.15, -0.1) is 0 Å². The summed E-state index contributed by atoms with van der Waals surface area (Å²) in [5.74, 6) is 0.346. The van der Waals surface area contributed by atoms with Gasteiger partial charge in [0, 0.05) is 0 Å². The zero-order chi connectivity index (χ0) is 9.31. The zero-order valence-corrected chi connectivity index (χ0v) is 7.13. The van der Waals surface area contributed by atoms with Crippen LogP contribution in [0.5, 0.6) is 0 Å². The molecule has 1 aromatic rings. The summed E-state index contributed by atoms with van der Waals surface area (Å²) in [5.41, 5.74) is -1.34. The molecular weight excluding hydrogens is 172 g/mol. The van der Waals surface area contributed by atoms with Crippen LogP contribution in [0, 0.1) is 0 Å². The molecule has 0 bridgehead atoms. The Bertz CT molecular complexity index is 336. The van der Waals surface area contributed by atoms with Crippen LogP contribution in [0.2, 0.25) is 0 Å². The van der Waals surface area contributed by atoms with E-state index in [1.165, 1.54) is 0 Å². The van der Waals surface area contributed by atoms with Crippen molar-refractivity contribution in [3.63, 3.8) is 0 Å². The largest absolute Gasteiger partial charge is 0.382 e. The maximum absolute atomic E-state index is 10.8. The number of piperidine rings is 1. The lowest BCUT2D eigenvalue weighted by Crippen LogP contribution is -2.40. The lowest BCUT2D eigenvalue weighted by atomic mass is 9.92. The molecule has 1 fully saturated rings. The van der Waals surface area contributed by atoms with Crippen molar-refractivity contribution in [2.75, 3.05) is 13.1 Å². The van der Waals surface area contributed by atoms with Crippen molar-refractivity contribution in [1.29, 1.82) is 0 Å². The second-order valence-electron chi connectivity index (χ2n) is 3.31. The molecule has 0 atom stereocenters. The number of hydrogen-bond acceptors (Lipinski definition) is 4. The predicted molar refractivity (Wildman–Crippen MR) is 45.2 cm³/mol. The van der Waals surface area contributed by atoms with E-state index in [2.05, 4.69) is 20.5 Å². The van der Waals surface area contributed by atoms with Gasteiger partial charge in [-0.1, -0.05) is 0 Å². The van der Waals surface area contributed by atoms with Crippen molar-refractivity contribution >= 4 is 0 Å². The first-order valence-electron chi connectivity index (χ1n) is 4.29. The summed E-state index contributed by atoms with van der Waals surface area (Å²) in [6.45, 7) is 1.48. The Morgan fingerprint density at radius 1 is 1.38 bits per heavy atom. The highest BCUT2D eigenvalue weighted by Gasteiger charge is 2.34. The molecular formula is C7H12N4O2. The molecule has 1 saturated heterocycles. The number of aromatic nitrogens is 3. The Morgan fingerprint density at radius 2 is 2.08 bits per heavy atom. The fourth-order valence-corrected chi connectivity index (χ4v) is 1.57. The monoisotopic (exact) mass is 184 g/mol. The Morgan fingerprint density at radius 3 is 2.62 bits per heavy atom. The van der Waals surface area contributed by atoms with E-state index in [-0.39, 0.29) is 5.69 Å². The zero-order valence-electron chi connectivity index (χ0n) is 7.13. The maximum Gasteiger partial charge on any atom is 0.340 e. The summed E-state index contributed by atoms with van der Waals surface area (Å²) in [6, 6.07) is 0. The van der Waals surface area contributed by atoms with Gasteiger partial charge in [0.2, 0.25) is 0 Å². The van der Waals surface area contributed by atoms with Crippen LogP contribution >= 0.6 is 0 Å². The fraction of sp³-hybridized carbons (Fsp3) is 0.714. The van der Waals surface area contributed by atoms with Crippen LogP contribution in [0.1, 0.15) is 18.7 Å². The van der Waals surface area contributed by atoms with E-state index >= 15 is 0 Å². The first-order valence-corrected chi connectivity index (χ1v) is 4.29. The summed E-state index contributed by atoms with van der Waals surface area (Å²) in [4.78, 5) is 13.3. The van der Waals surface area contributed by atoms with Gasteiger partial charge in [-0.2, -0.15) is 5.10 Å². The average Bonchev–Trinajstić information content (AvgIpc) is 2.54. The molecule has 0 radical (unpaired) electrons. The van der Waals surface area contributed by atoms with E-state index in [4.69, 9.17) is 0 Å². The van der Waals surface area contributed by atoms with Crippen LogP contribution in [0.4, 0.5) is 0 Å². The van der Waals surface area contributed by atoms with Crippen LogP contribution in [-0.2, 0) is 5.60 Å². The van der Waals surface area contributed by atoms with E-state index in [1.54, 1.807) is 0 Å². The van der Waals surface area contributed by atoms with Gasteiger partial charge in [-0.25, -0.2) is 9.89 Å². The number of aromatic amines is 2. The van der Waals surface area contributed by atoms with Crippen LogP contribution in [0.15, 0.2) is 4.79 Å². The molecule has 4 N–H and O–H groups in total. The van der Waals surface area contributed by atoms with Crippen LogP contribution in [-0.4, -0.2) is 33.4 Å². The molecule has 2 heterocycles. The van der Waals surface area contributed by atoms with Gasteiger partial charge in [0.1, 0.15) is 5.60 Å². The van der Waals surface area contributed by atoms with Gasteiger partial charge in [0.05, 0.1) is 0 Å². The molecule has 1 aliphatic heterocycles. The lowest BCUT2D eigenvalue weighted by Gasteiger charge is -2.29. The van der Waals surface area contributed by atoms with Crippen molar-refractivity contribution in [2.24, 2.45) is 0 Å². The van der Waals surface area contributed by atoms with Gasteiger partial charge in [-0.05, 0) is 25.9 Å². The highest BCUT2D eigenvalue weighted by molar-refractivity contribution is 5.01. The lowest BCUT2D eigenvalue weighted by molar-refractivity contribution is -0.00223. The second-order valence-corrected chi connectivity index (χ2v) is 3.31. The summed E-state index contributed by atoms with van der Waals surface area (Å²) in [7, 11) is 0. The molecule has 1 aliphatic rings. The third kappa shape index (κ3) is 1.50. The standard InChI is InChI=1S/C7H12N4O2/c12-6-9-5(10-11-6)7(13)1-3-8-4-2-7/h8,13H,1-4H2,(H2,9,10,11,12). The molecule has 0 amide bonds. The molecule has 13 heavy (non-hydrogen) atoms. The number of nitrogens with one attached hydrogen (secondary N) is 3. The topological polar surface area (TPSA) is 93.8 Å². The molecule has 6 heteroatoms. The molecule has 72 valence electrons. The third-order valence-electron chi connectivity index (χ3n) is 2.37. The van der Waals surface area contributed by atoms with Gasteiger partial charge in [-0.3, -0.25) is 4.98 Å². The minimum absolute atomic E-state index is 0.346. The Kier molecular flexibility index (Phi) is 1.93. The summed E-state index contributed by atoms with van der Waals surface area (Å²) in [5, 5.41) is 19.2. The van der Waals surface area contributed by atoms with E-state index in [0.717, 1.165) is 13.1 Å². The molecule has 1 aromatic heterocycles. The number of aliphatic hydroxyl groups is 1.